The molecule has 2 unspecified atom stereocenters. The van der Waals surface area contributed by atoms with Gasteiger partial charge in [-0.3, -0.25) is 4.90 Å². The van der Waals surface area contributed by atoms with E-state index in [4.69, 9.17) is 11.6 Å². The normalized spacial score (nSPS) is 19.7. The quantitative estimate of drug-likeness (QED) is 0.527. The Morgan fingerprint density at radius 1 is 0.885 bits per heavy atom. The molecule has 0 amide bonds. The molecule has 0 bridgehead atoms. The summed E-state index contributed by atoms with van der Waals surface area (Å²) in [5.41, 5.74) is 3.28. The fourth-order valence-electron chi connectivity index (χ4n) is 3.39. The van der Waals surface area contributed by atoms with Crippen LogP contribution in [0.1, 0.15) is 28.1 Å². The molecule has 3 aromatic rings. The summed E-state index contributed by atoms with van der Waals surface area (Å²) >= 11 is 8.27. The fourth-order valence-corrected chi connectivity index (χ4v) is 5.09. The summed E-state index contributed by atoms with van der Waals surface area (Å²) in [4.78, 5) is 15.5. The first-order chi connectivity index (χ1) is 12.8. The van der Waals surface area contributed by atoms with Gasteiger partial charge in [-0.15, -0.1) is 11.8 Å². The molecular weight excluding hydrogens is 362 g/mol. The Morgan fingerprint density at radius 2 is 1.54 bits per heavy atom. The van der Waals surface area contributed by atoms with Gasteiger partial charge in [-0.25, -0.2) is 0 Å². The average Bonchev–Trinajstić information content (AvgIpc) is 2.69. The molecule has 1 aliphatic heterocycles. The van der Waals surface area contributed by atoms with Crippen LogP contribution in [0.2, 0.25) is 5.02 Å². The molecule has 0 spiro atoms. The van der Waals surface area contributed by atoms with E-state index in [1.165, 1.54) is 5.56 Å². The van der Waals surface area contributed by atoms with Crippen molar-refractivity contribution in [1.82, 2.24) is 4.90 Å². The number of hydrogen-bond acceptors (Lipinski definition) is 3. The Morgan fingerprint density at radius 3 is 2.27 bits per heavy atom. The number of rotatable bonds is 4. The molecule has 3 aromatic carbocycles. The number of benzene rings is 3. The van der Waals surface area contributed by atoms with Gasteiger partial charge in [0.15, 0.2) is 0 Å². The van der Waals surface area contributed by atoms with Crippen LogP contribution in [0.4, 0.5) is 0 Å². The molecule has 0 radical (unpaired) electrons. The smallest absolute Gasteiger partial charge is 0.141 e. The maximum Gasteiger partial charge on any atom is 0.141 e. The molecular formula is C22H18ClNOS. The molecule has 0 aliphatic carbocycles. The van der Waals surface area contributed by atoms with Gasteiger partial charge in [-0.2, -0.15) is 0 Å². The van der Waals surface area contributed by atoms with Gasteiger partial charge in [-0.1, -0.05) is 78.3 Å². The number of aldehydes is 1. The van der Waals surface area contributed by atoms with Gasteiger partial charge in [0, 0.05) is 16.5 Å². The van der Waals surface area contributed by atoms with E-state index < -0.39 is 0 Å². The number of hydrogen-bond donors (Lipinski definition) is 0. The molecule has 26 heavy (non-hydrogen) atoms. The lowest BCUT2D eigenvalue weighted by molar-refractivity contribution is -0.113. The summed E-state index contributed by atoms with van der Waals surface area (Å²) in [5.74, 6) is 0. The van der Waals surface area contributed by atoms with E-state index in [-0.39, 0.29) is 11.4 Å². The first-order valence-electron chi connectivity index (χ1n) is 8.53. The van der Waals surface area contributed by atoms with Gasteiger partial charge < -0.3 is 4.79 Å². The monoisotopic (exact) mass is 379 g/mol. The van der Waals surface area contributed by atoms with Crippen LogP contribution >= 0.6 is 23.4 Å². The van der Waals surface area contributed by atoms with Crippen molar-refractivity contribution in [1.29, 1.82) is 0 Å². The van der Waals surface area contributed by atoms with Crippen molar-refractivity contribution in [2.45, 2.75) is 22.9 Å². The minimum Gasteiger partial charge on any atom is -0.301 e. The number of carbonyl (C=O) groups excluding carboxylic acids is 1. The van der Waals surface area contributed by atoms with E-state index in [1.807, 2.05) is 60.7 Å². The summed E-state index contributed by atoms with van der Waals surface area (Å²) in [5, 5.41) is 0.709. The summed E-state index contributed by atoms with van der Waals surface area (Å²) in [6, 6.07) is 26.0. The van der Waals surface area contributed by atoms with Crippen LogP contribution in [0.25, 0.3) is 0 Å². The van der Waals surface area contributed by atoms with Gasteiger partial charge in [0.2, 0.25) is 0 Å². The number of halogens is 1. The molecule has 0 saturated carbocycles. The number of carbonyl (C=O) groups is 1. The van der Waals surface area contributed by atoms with Crippen molar-refractivity contribution in [3.05, 3.63) is 101 Å². The Labute approximate surface area is 162 Å². The lowest BCUT2D eigenvalue weighted by Crippen LogP contribution is -2.35. The predicted molar refractivity (Wildman–Crippen MR) is 107 cm³/mol. The molecule has 1 aliphatic rings. The lowest BCUT2D eigenvalue weighted by Gasteiger charge is -2.41. The second-order valence-corrected chi connectivity index (χ2v) is 7.80. The molecule has 0 N–H and O–H groups in total. The fraction of sp³-hybridized carbons (Fsp3) is 0.136. The SMILES string of the molecule is O=CC1c2ccccc2SC(c2ccccc2Cl)N1Cc1ccccc1. The first kappa shape index (κ1) is 17.3. The topological polar surface area (TPSA) is 20.3 Å². The molecule has 2 nitrogen and oxygen atoms in total. The van der Waals surface area contributed by atoms with Crippen LogP contribution in [0.5, 0.6) is 0 Å². The van der Waals surface area contributed by atoms with Gasteiger partial charge in [-0.05, 0) is 28.8 Å². The van der Waals surface area contributed by atoms with E-state index >= 15 is 0 Å². The van der Waals surface area contributed by atoms with Gasteiger partial charge >= 0.3 is 0 Å². The highest BCUT2D eigenvalue weighted by molar-refractivity contribution is 7.99. The minimum atomic E-state index is -0.297. The molecule has 0 aromatic heterocycles. The zero-order valence-corrected chi connectivity index (χ0v) is 15.7. The van der Waals surface area contributed by atoms with Crippen molar-refractivity contribution >= 4 is 29.6 Å². The number of fused-ring (bicyclic) bond motifs is 1. The molecule has 4 heteroatoms. The lowest BCUT2D eigenvalue weighted by atomic mass is 10.0. The maximum atomic E-state index is 12.1. The summed E-state index contributed by atoms with van der Waals surface area (Å²) in [6.45, 7) is 0.682. The highest BCUT2D eigenvalue weighted by Gasteiger charge is 2.36. The number of thioether (sulfide) groups is 1. The Kier molecular flexibility index (Phi) is 5.11. The van der Waals surface area contributed by atoms with Crippen molar-refractivity contribution in [3.63, 3.8) is 0 Å². The third-order valence-electron chi connectivity index (χ3n) is 4.64. The van der Waals surface area contributed by atoms with E-state index in [0.29, 0.717) is 6.54 Å². The summed E-state index contributed by atoms with van der Waals surface area (Å²) in [6.07, 6.45) is 1.05. The molecule has 2 atom stereocenters. The van der Waals surface area contributed by atoms with Crippen LogP contribution in [-0.2, 0) is 11.3 Å². The first-order valence-corrected chi connectivity index (χ1v) is 9.78. The van der Waals surface area contributed by atoms with Gasteiger partial charge in [0.05, 0.1) is 11.4 Å². The summed E-state index contributed by atoms with van der Waals surface area (Å²) in [7, 11) is 0. The molecule has 1 heterocycles. The van der Waals surface area contributed by atoms with E-state index in [0.717, 1.165) is 27.3 Å². The van der Waals surface area contributed by atoms with Crippen LogP contribution in [0.15, 0.2) is 83.8 Å². The zero-order chi connectivity index (χ0) is 17.9. The van der Waals surface area contributed by atoms with E-state index in [1.54, 1.807) is 11.8 Å². The van der Waals surface area contributed by atoms with E-state index in [2.05, 4.69) is 23.1 Å². The molecule has 0 fully saturated rings. The van der Waals surface area contributed by atoms with Gasteiger partial charge in [0.1, 0.15) is 6.29 Å². The van der Waals surface area contributed by atoms with Gasteiger partial charge in [0.25, 0.3) is 0 Å². The Balaban J connectivity index is 1.81. The Bertz CT molecular complexity index is 915. The van der Waals surface area contributed by atoms with E-state index in [9.17, 15) is 4.79 Å². The second-order valence-electron chi connectivity index (χ2n) is 6.27. The standard InChI is InChI=1S/C22H18ClNOS/c23-19-12-6-4-10-17(19)22-24(14-16-8-2-1-3-9-16)20(15-25)18-11-5-7-13-21(18)26-22/h1-13,15,20,22H,14H2. The van der Waals surface area contributed by atoms with Crippen molar-refractivity contribution in [2.24, 2.45) is 0 Å². The van der Waals surface area contributed by atoms with Crippen LogP contribution in [0, 0.1) is 0 Å². The Hall–Kier alpha value is -2.07. The van der Waals surface area contributed by atoms with Crippen LogP contribution in [-0.4, -0.2) is 11.2 Å². The maximum absolute atomic E-state index is 12.1. The van der Waals surface area contributed by atoms with Crippen LogP contribution in [0.3, 0.4) is 0 Å². The molecule has 130 valence electrons. The molecule has 0 saturated heterocycles. The molecule has 4 rings (SSSR count). The van der Waals surface area contributed by atoms with Crippen molar-refractivity contribution in [3.8, 4) is 0 Å². The minimum absolute atomic E-state index is 0.0194. The largest absolute Gasteiger partial charge is 0.301 e. The zero-order valence-electron chi connectivity index (χ0n) is 14.1. The van der Waals surface area contributed by atoms with Crippen molar-refractivity contribution < 1.29 is 4.79 Å². The number of nitrogens with zero attached hydrogens (tertiary/aromatic N) is 1. The van der Waals surface area contributed by atoms with Crippen molar-refractivity contribution in [2.75, 3.05) is 0 Å². The third-order valence-corrected chi connectivity index (χ3v) is 6.36. The van der Waals surface area contributed by atoms with Crippen LogP contribution < -0.4 is 0 Å². The highest BCUT2D eigenvalue weighted by Crippen LogP contribution is 2.50. The highest BCUT2D eigenvalue weighted by atomic mass is 35.5. The predicted octanol–water partition coefficient (Wildman–Crippen LogP) is 5.89. The average molecular weight is 380 g/mol. The second kappa shape index (κ2) is 7.67. The third kappa shape index (κ3) is 3.30. The summed E-state index contributed by atoms with van der Waals surface area (Å²) < 4.78 is 0.